The molecule has 1 aliphatic heterocycles. The van der Waals surface area contributed by atoms with E-state index < -0.39 is 11.5 Å². The quantitative estimate of drug-likeness (QED) is 0.281. The average Bonchev–Trinajstić information content (AvgIpc) is 3.53. The third-order valence-corrected chi connectivity index (χ3v) is 7.74. The highest BCUT2D eigenvalue weighted by molar-refractivity contribution is 5.76. The number of methoxy groups -OCH3 is 1. The standard InChI is InChI=1S/C33H34FNO5/c1-19-12-23(39-18-33(3,4)17-35)13-20(2)31(19)25-8-10-27(34)32-26(25)9-11-28(32)40-22-6-7-24-21(14-30(36)37-5)16-38-29(24)15-22/h6-8,10,12-13,15,21,28H,9,11,14,16,18H2,1-5H3. The van der Waals surface area contributed by atoms with E-state index in [2.05, 4.69) is 6.07 Å². The van der Waals surface area contributed by atoms with E-state index in [0.717, 1.165) is 39.1 Å². The van der Waals surface area contributed by atoms with Gasteiger partial charge in [-0.15, -0.1) is 0 Å². The van der Waals surface area contributed by atoms with Crippen LogP contribution in [-0.4, -0.2) is 26.3 Å². The summed E-state index contributed by atoms with van der Waals surface area (Å²) in [5.41, 5.74) is 6.05. The molecule has 0 bridgehead atoms. The SMILES string of the molecule is COC(=O)CC1COc2cc(OC3CCc4c(-c5c(C)cc(OCC(C)(C)C#N)cc5C)ccc(F)c43)ccc21. The molecule has 7 heteroatoms. The largest absolute Gasteiger partial charge is 0.492 e. The molecule has 3 aromatic rings. The summed E-state index contributed by atoms with van der Waals surface area (Å²) in [6, 6.07) is 15.2. The fourth-order valence-corrected chi connectivity index (χ4v) is 5.70. The molecule has 0 saturated heterocycles. The van der Waals surface area contributed by atoms with Gasteiger partial charge in [0.25, 0.3) is 0 Å². The van der Waals surface area contributed by atoms with Crippen LogP contribution in [0.5, 0.6) is 17.2 Å². The van der Waals surface area contributed by atoms with Crippen molar-refractivity contribution in [3.8, 4) is 34.4 Å². The molecule has 0 spiro atoms. The Bertz CT molecular complexity index is 1480. The monoisotopic (exact) mass is 543 g/mol. The minimum absolute atomic E-state index is 0.0511. The number of hydrogen-bond acceptors (Lipinski definition) is 6. The lowest BCUT2D eigenvalue weighted by Crippen LogP contribution is -2.19. The van der Waals surface area contributed by atoms with E-state index in [1.165, 1.54) is 13.2 Å². The maximum Gasteiger partial charge on any atom is 0.306 e. The molecule has 5 rings (SSSR count). The molecule has 208 valence electrons. The molecule has 1 aliphatic carbocycles. The van der Waals surface area contributed by atoms with Crippen LogP contribution in [0.25, 0.3) is 11.1 Å². The Morgan fingerprint density at radius 2 is 1.88 bits per heavy atom. The van der Waals surface area contributed by atoms with Gasteiger partial charge in [-0.25, -0.2) is 4.39 Å². The van der Waals surface area contributed by atoms with Gasteiger partial charge in [-0.05, 0) is 92.6 Å². The van der Waals surface area contributed by atoms with E-state index in [9.17, 15) is 10.1 Å². The molecule has 2 atom stereocenters. The van der Waals surface area contributed by atoms with E-state index in [1.54, 1.807) is 0 Å². The van der Waals surface area contributed by atoms with Gasteiger partial charge in [-0.3, -0.25) is 4.79 Å². The van der Waals surface area contributed by atoms with Crippen molar-refractivity contribution < 1.29 is 28.1 Å². The number of rotatable bonds is 8. The van der Waals surface area contributed by atoms with Crippen molar-refractivity contribution in [3.63, 3.8) is 0 Å². The van der Waals surface area contributed by atoms with Crippen LogP contribution in [0.4, 0.5) is 4.39 Å². The highest BCUT2D eigenvalue weighted by Crippen LogP contribution is 2.45. The van der Waals surface area contributed by atoms with Gasteiger partial charge < -0.3 is 18.9 Å². The van der Waals surface area contributed by atoms with Crippen LogP contribution in [0.2, 0.25) is 0 Å². The number of fused-ring (bicyclic) bond motifs is 2. The van der Waals surface area contributed by atoms with Crippen LogP contribution in [0.3, 0.4) is 0 Å². The number of aryl methyl sites for hydroxylation is 2. The van der Waals surface area contributed by atoms with Crippen LogP contribution in [0.15, 0.2) is 42.5 Å². The number of carbonyl (C=O) groups excluding carboxylic acids is 1. The van der Waals surface area contributed by atoms with Gasteiger partial charge in [-0.1, -0.05) is 12.1 Å². The van der Waals surface area contributed by atoms with E-state index in [0.29, 0.717) is 43.1 Å². The van der Waals surface area contributed by atoms with Gasteiger partial charge >= 0.3 is 5.97 Å². The first-order chi connectivity index (χ1) is 19.1. The number of nitrogens with zero attached hydrogens (tertiary/aromatic N) is 1. The summed E-state index contributed by atoms with van der Waals surface area (Å²) in [5.74, 6) is 1.41. The molecule has 40 heavy (non-hydrogen) atoms. The Hall–Kier alpha value is -4.05. The number of hydrogen-bond donors (Lipinski definition) is 0. The van der Waals surface area contributed by atoms with Crippen LogP contribution in [0, 0.1) is 36.4 Å². The Balaban J connectivity index is 1.39. The summed E-state index contributed by atoms with van der Waals surface area (Å²) in [7, 11) is 1.38. The molecule has 2 aliphatic rings. The highest BCUT2D eigenvalue weighted by atomic mass is 19.1. The molecule has 3 aromatic carbocycles. The second-order valence-corrected chi connectivity index (χ2v) is 11.3. The van der Waals surface area contributed by atoms with Gasteiger partial charge in [0.15, 0.2) is 0 Å². The van der Waals surface area contributed by atoms with Gasteiger partial charge in [0.1, 0.15) is 35.8 Å². The Labute approximate surface area is 234 Å². The predicted molar refractivity (Wildman–Crippen MR) is 149 cm³/mol. The van der Waals surface area contributed by atoms with Crippen molar-refractivity contribution in [1.29, 1.82) is 5.26 Å². The van der Waals surface area contributed by atoms with Crippen LogP contribution >= 0.6 is 0 Å². The van der Waals surface area contributed by atoms with Gasteiger partial charge in [0.05, 0.1) is 31.6 Å². The van der Waals surface area contributed by atoms with Crippen molar-refractivity contribution in [2.75, 3.05) is 20.3 Å². The number of esters is 1. The topological polar surface area (TPSA) is 77.8 Å². The van der Waals surface area contributed by atoms with E-state index in [4.69, 9.17) is 18.9 Å². The molecule has 0 saturated carbocycles. The Kier molecular flexibility index (Phi) is 7.46. The van der Waals surface area contributed by atoms with Crippen LogP contribution < -0.4 is 14.2 Å². The number of nitriles is 1. The molecule has 0 aromatic heterocycles. The first-order valence-corrected chi connectivity index (χ1v) is 13.6. The summed E-state index contributed by atoms with van der Waals surface area (Å²) >= 11 is 0. The minimum Gasteiger partial charge on any atom is -0.492 e. The summed E-state index contributed by atoms with van der Waals surface area (Å²) in [6.07, 6.45) is 1.20. The maximum absolute atomic E-state index is 15.3. The fraction of sp³-hybridized carbons (Fsp3) is 0.394. The maximum atomic E-state index is 15.3. The number of ether oxygens (including phenoxy) is 4. The van der Waals surface area contributed by atoms with Crippen molar-refractivity contribution >= 4 is 5.97 Å². The minimum atomic E-state index is -0.580. The molecular weight excluding hydrogens is 509 g/mol. The number of benzene rings is 3. The highest BCUT2D eigenvalue weighted by Gasteiger charge is 2.32. The summed E-state index contributed by atoms with van der Waals surface area (Å²) in [5, 5.41) is 9.30. The molecule has 0 radical (unpaired) electrons. The lowest BCUT2D eigenvalue weighted by atomic mass is 9.90. The second kappa shape index (κ2) is 10.8. The zero-order chi connectivity index (χ0) is 28.6. The third kappa shape index (κ3) is 5.36. The predicted octanol–water partition coefficient (Wildman–Crippen LogP) is 7.14. The molecular formula is C33H34FNO5. The summed E-state index contributed by atoms with van der Waals surface area (Å²) in [6.45, 7) is 8.46. The van der Waals surface area contributed by atoms with Crippen molar-refractivity contribution in [3.05, 3.63) is 76.1 Å². The van der Waals surface area contributed by atoms with Crippen molar-refractivity contribution in [2.45, 2.75) is 59.0 Å². The van der Waals surface area contributed by atoms with E-state index >= 15 is 4.39 Å². The first-order valence-electron chi connectivity index (χ1n) is 13.6. The van der Waals surface area contributed by atoms with Gasteiger partial charge in [0.2, 0.25) is 0 Å². The summed E-state index contributed by atoms with van der Waals surface area (Å²) < 4.78 is 38.2. The average molecular weight is 544 g/mol. The molecule has 1 heterocycles. The molecule has 0 fully saturated rings. The molecule has 0 amide bonds. The first kappa shape index (κ1) is 27.5. The van der Waals surface area contributed by atoms with Crippen molar-refractivity contribution in [2.24, 2.45) is 5.41 Å². The molecule has 6 nitrogen and oxygen atoms in total. The van der Waals surface area contributed by atoms with Gasteiger partial charge in [0, 0.05) is 23.1 Å². The molecule has 2 unspecified atom stereocenters. The third-order valence-electron chi connectivity index (χ3n) is 7.74. The van der Waals surface area contributed by atoms with Crippen molar-refractivity contribution in [1.82, 2.24) is 0 Å². The van der Waals surface area contributed by atoms with Gasteiger partial charge in [-0.2, -0.15) is 5.26 Å². The number of carbonyl (C=O) groups is 1. The Morgan fingerprint density at radius 3 is 2.58 bits per heavy atom. The normalized spacial score (nSPS) is 17.4. The fourth-order valence-electron chi connectivity index (χ4n) is 5.70. The van der Waals surface area contributed by atoms with E-state index in [1.807, 2.05) is 64.1 Å². The lowest BCUT2D eigenvalue weighted by Gasteiger charge is -2.20. The lowest BCUT2D eigenvalue weighted by molar-refractivity contribution is -0.141. The van der Waals surface area contributed by atoms with Crippen LogP contribution in [0.1, 0.15) is 66.5 Å². The number of halogens is 1. The molecule has 0 N–H and O–H groups in total. The summed E-state index contributed by atoms with van der Waals surface area (Å²) in [4.78, 5) is 11.7. The second-order valence-electron chi connectivity index (χ2n) is 11.3. The smallest absolute Gasteiger partial charge is 0.306 e. The van der Waals surface area contributed by atoms with Crippen LogP contribution in [-0.2, 0) is 16.0 Å². The zero-order valence-corrected chi connectivity index (χ0v) is 23.6. The zero-order valence-electron chi connectivity index (χ0n) is 23.6. The Morgan fingerprint density at radius 1 is 1.12 bits per heavy atom. The van der Waals surface area contributed by atoms with E-state index in [-0.39, 0.29) is 24.1 Å².